The van der Waals surface area contributed by atoms with Crippen molar-refractivity contribution in [2.75, 3.05) is 0 Å². The number of hydrogen-bond acceptors (Lipinski definition) is 4. The number of hydrogen-bond donors (Lipinski definition) is 2. The van der Waals surface area contributed by atoms with Crippen molar-refractivity contribution in [1.29, 1.82) is 0 Å². The van der Waals surface area contributed by atoms with E-state index in [2.05, 4.69) is 9.82 Å². The summed E-state index contributed by atoms with van der Waals surface area (Å²) in [7, 11) is -3.74. The van der Waals surface area contributed by atoms with Crippen LogP contribution in [0.15, 0.2) is 47.6 Å². The highest BCUT2D eigenvalue weighted by atomic mass is 32.2. The molecule has 0 aliphatic heterocycles. The Labute approximate surface area is 141 Å². The summed E-state index contributed by atoms with van der Waals surface area (Å²) in [6.07, 6.45) is 3.29. The smallest absolute Gasteiger partial charge is 0.303 e. The molecule has 1 aromatic heterocycles. The van der Waals surface area contributed by atoms with E-state index in [1.54, 1.807) is 0 Å². The van der Waals surface area contributed by atoms with E-state index in [0.29, 0.717) is 13.0 Å². The number of carboxylic acid groups (broad SMARTS) is 1. The molecule has 0 aliphatic carbocycles. The van der Waals surface area contributed by atoms with Crippen LogP contribution in [0.2, 0.25) is 0 Å². The quantitative estimate of drug-likeness (QED) is 0.715. The number of carboxylic acids is 1. The van der Waals surface area contributed by atoms with Crippen LogP contribution >= 0.6 is 0 Å². The zero-order valence-corrected chi connectivity index (χ0v) is 14.2. The Bertz CT molecular complexity index is 772. The number of aromatic nitrogens is 2. The standard InChI is InChI=1S/C16H21N3O4S/c1-2-19-12-15(11-17-19)24(22,23)18-14(8-9-16(20)21)10-13-6-4-3-5-7-13/h3-7,11-12,14,18H,2,8-10H2,1H3,(H,20,21). The normalized spacial score (nSPS) is 12.9. The van der Waals surface area contributed by atoms with Crippen molar-refractivity contribution in [1.82, 2.24) is 14.5 Å². The van der Waals surface area contributed by atoms with E-state index in [1.807, 2.05) is 37.3 Å². The summed E-state index contributed by atoms with van der Waals surface area (Å²) in [4.78, 5) is 10.9. The molecule has 2 aromatic rings. The SMILES string of the molecule is CCn1cc(S(=O)(=O)NC(CCC(=O)O)Cc2ccccc2)cn1. The summed E-state index contributed by atoms with van der Waals surface area (Å²) in [5.41, 5.74) is 0.944. The predicted molar refractivity (Wildman–Crippen MR) is 89.0 cm³/mol. The predicted octanol–water partition coefficient (Wildman–Crippen LogP) is 1.66. The molecule has 0 saturated heterocycles. The van der Waals surface area contributed by atoms with E-state index >= 15 is 0 Å². The molecule has 0 radical (unpaired) electrons. The van der Waals surface area contributed by atoms with E-state index in [1.165, 1.54) is 17.1 Å². The summed E-state index contributed by atoms with van der Waals surface area (Å²) in [6.45, 7) is 2.43. The number of aryl methyl sites for hydroxylation is 1. The van der Waals surface area contributed by atoms with Crippen LogP contribution in [0.5, 0.6) is 0 Å². The molecule has 24 heavy (non-hydrogen) atoms. The molecule has 0 spiro atoms. The van der Waals surface area contributed by atoms with Crippen LogP contribution in [0.1, 0.15) is 25.3 Å². The second-order valence-corrected chi connectivity index (χ2v) is 7.19. The summed E-state index contributed by atoms with van der Waals surface area (Å²) in [6, 6.07) is 8.87. The molecule has 8 heteroatoms. The van der Waals surface area contributed by atoms with Gasteiger partial charge in [-0.05, 0) is 25.3 Å². The third-order valence-electron chi connectivity index (χ3n) is 3.60. The largest absolute Gasteiger partial charge is 0.481 e. The number of aliphatic carboxylic acids is 1. The van der Waals surface area contributed by atoms with Gasteiger partial charge in [-0.1, -0.05) is 30.3 Å². The lowest BCUT2D eigenvalue weighted by molar-refractivity contribution is -0.137. The lowest BCUT2D eigenvalue weighted by Crippen LogP contribution is -2.36. The second-order valence-electron chi connectivity index (χ2n) is 5.47. The minimum Gasteiger partial charge on any atom is -0.481 e. The van der Waals surface area contributed by atoms with Crippen molar-refractivity contribution in [3.05, 3.63) is 48.3 Å². The number of sulfonamides is 1. The molecule has 1 aromatic carbocycles. The summed E-state index contributed by atoms with van der Waals surface area (Å²) < 4.78 is 29.1. The van der Waals surface area contributed by atoms with Gasteiger partial charge in [-0.25, -0.2) is 13.1 Å². The van der Waals surface area contributed by atoms with Crippen LogP contribution in [0.3, 0.4) is 0 Å². The number of rotatable bonds is 9. The minimum atomic E-state index is -3.74. The molecule has 0 bridgehead atoms. The van der Waals surface area contributed by atoms with E-state index in [9.17, 15) is 13.2 Å². The van der Waals surface area contributed by atoms with E-state index in [0.717, 1.165) is 5.56 Å². The molecule has 1 atom stereocenters. The third kappa shape index (κ3) is 5.17. The molecule has 0 saturated carbocycles. The number of benzene rings is 1. The Morgan fingerprint density at radius 2 is 2.04 bits per heavy atom. The zero-order chi connectivity index (χ0) is 17.6. The molecule has 1 unspecified atom stereocenters. The summed E-state index contributed by atoms with van der Waals surface area (Å²) >= 11 is 0. The van der Waals surface area contributed by atoms with E-state index in [-0.39, 0.29) is 17.7 Å². The molecular formula is C16H21N3O4S. The van der Waals surface area contributed by atoms with Gasteiger partial charge in [0, 0.05) is 25.2 Å². The maximum Gasteiger partial charge on any atom is 0.303 e. The fourth-order valence-corrected chi connectivity index (χ4v) is 3.57. The first-order valence-electron chi connectivity index (χ1n) is 7.71. The van der Waals surface area contributed by atoms with Crippen LogP contribution < -0.4 is 4.72 Å². The van der Waals surface area contributed by atoms with E-state index in [4.69, 9.17) is 5.11 Å². The summed E-state index contributed by atoms with van der Waals surface area (Å²) in [5, 5.41) is 12.9. The molecule has 130 valence electrons. The number of carbonyl (C=O) groups is 1. The second kappa shape index (κ2) is 8.07. The molecule has 0 fully saturated rings. The average molecular weight is 351 g/mol. The topological polar surface area (TPSA) is 101 Å². The van der Waals surface area contributed by atoms with Gasteiger partial charge in [-0.2, -0.15) is 5.10 Å². The molecule has 7 nitrogen and oxygen atoms in total. The lowest BCUT2D eigenvalue weighted by atomic mass is 10.0. The maximum absolute atomic E-state index is 12.5. The first-order chi connectivity index (χ1) is 11.4. The first kappa shape index (κ1) is 18.2. The Morgan fingerprint density at radius 1 is 1.33 bits per heavy atom. The van der Waals surface area contributed by atoms with Gasteiger partial charge in [-0.3, -0.25) is 9.48 Å². The molecule has 0 amide bonds. The zero-order valence-electron chi connectivity index (χ0n) is 13.4. The van der Waals surface area contributed by atoms with Crippen LogP contribution in [0.4, 0.5) is 0 Å². The van der Waals surface area contributed by atoms with Gasteiger partial charge in [0.15, 0.2) is 0 Å². The van der Waals surface area contributed by atoms with Gasteiger partial charge in [0.2, 0.25) is 10.0 Å². The lowest BCUT2D eigenvalue weighted by Gasteiger charge is -2.17. The maximum atomic E-state index is 12.5. The monoisotopic (exact) mass is 351 g/mol. The number of nitrogens with one attached hydrogen (secondary N) is 1. The summed E-state index contributed by atoms with van der Waals surface area (Å²) in [5.74, 6) is -0.953. The van der Waals surface area contributed by atoms with Crippen molar-refractivity contribution in [2.24, 2.45) is 0 Å². The Kier molecular flexibility index (Phi) is 6.10. The van der Waals surface area contributed by atoms with Crippen molar-refractivity contribution in [3.63, 3.8) is 0 Å². The van der Waals surface area contributed by atoms with Gasteiger partial charge in [0.1, 0.15) is 4.90 Å². The van der Waals surface area contributed by atoms with Crippen molar-refractivity contribution in [2.45, 2.75) is 43.7 Å². The van der Waals surface area contributed by atoms with Crippen LogP contribution in [0, 0.1) is 0 Å². The van der Waals surface area contributed by atoms with Gasteiger partial charge < -0.3 is 5.11 Å². The van der Waals surface area contributed by atoms with Crippen LogP contribution in [0.25, 0.3) is 0 Å². The fourth-order valence-electron chi connectivity index (χ4n) is 2.34. The minimum absolute atomic E-state index is 0.0812. The van der Waals surface area contributed by atoms with E-state index < -0.39 is 22.0 Å². The molecule has 2 rings (SSSR count). The first-order valence-corrected chi connectivity index (χ1v) is 9.19. The van der Waals surface area contributed by atoms with Crippen molar-refractivity contribution >= 4 is 16.0 Å². The molecule has 1 heterocycles. The Morgan fingerprint density at radius 3 is 2.62 bits per heavy atom. The van der Waals surface area contributed by atoms with Gasteiger partial charge in [-0.15, -0.1) is 0 Å². The molecular weight excluding hydrogens is 330 g/mol. The highest BCUT2D eigenvalue weighted by molar-refractivity contribution is 7.89. The van der Waals surface area contributed by atoms with Gasteiger partial charge >= 0.3 is 5.97 Å². The Hall–Kier alpha value is -2.19. The van der Waals surface area contributed by atoms with Gasteiger partial charge in [0.05, 0.1) is 6.20 Å². The number of nitrogens with zero attached hydrogens (tertiary/aromatic N) is 2. The molecule has 0 aliphatic rings. The van der Waals surface area contributed by atoms with Gasteiger partial charge in [0.25, 0.3) is 0 Å². The molecule has 2 N–H and O–H groups in total. The third-order valence-corrected chi connectivity index (χ3v) is 5.07. The highest BCUT2D eigenvalue weighted by Crippen LogP contribution is 2.13. The van der Waals surface area contributed by atoms with Crippen LogP contribution in [-0.4, -0.2) is 35.3 Å². The van der Waals surface area contributed by atoms with Crippen molar-refractivity contribution in [3.8, 4) is 0 Å². The van der Waals surface area contributed by atoms with Crippen LogP contribution in [-0.2, 0) is 27.8 Å². The average Bonchev–Trinajstić information content (AvgIpc) is 3.03. The van der Waals surface area contributed by atoms with Crippen molar-refractivity contribution < 1.29 is 18.3 Å². The Balaban J connectivity index is 2.15. The highest BCUT2D eigenvalue weighted by Gasteiger charge is 2.22. The fraction of sp³-hybridized carbons (Fsp3) is 0.375.